The predicted molar refractivity (Wildman–Crippen MR) is 181 cm³/mol. The van der Waals surface area contributed by atoms with E-state index in [1.54, 1.807) is 18.2 Å². The number of carbonyl (C=O) groups excluding carboxylic acids is 2. The maximum Gasteiger partial charge on any atom is 0.264 e. The molecule has 0 heterocycles. The van der Waals surface area contributed by atoms with Gasteiger partial charge in [-0.3, -0.25) is 13.9 Å². The van der Waals surface area contributed by atoms with Crippen LogP contribution in [0.15, 0.2) is 108 Å². The lowest BCUT2D eigenvalue weighted by Crippen LogP contribution is -2.54. The van der Waals surface area contributed by atoms with Gasteiger partial charge in [-0.2, -0.15) is 0 Å². The Balaban J connectivity index is 1.83. The smallest absolute Gasteiger partial charge is 0.264 e. The van der Waals surface area contributed by atoms with Crippen LogP contribution in [-0.2, 0) is 32.6 Å². The van der Waals surface area contributed by atoms with E-state index in [4.69, 9.17) is 23.2 Å². The van der Waals surface area contributed by atoms with Crippen LogP contribution in [0.25, 0.3) is 0 Å². The number of halogens is 2. The van der Waals surface area contributed by atoms with Crippen molar-refractivity contribution in [3.05, 3.63) is 130 Å². The summed E-state index contributed by atoms with van der Waals surface area (Å²) in [7, 11) is -4.24. The van der Waals surface area contributed by atoms with Crippen molar-refractivity contribution in [3.8, 4) is 0 Å². The molecule has 0 saturated carbocycles. The van der Waals surface area contributed by atoms with Crippen molar-refractivity contribution in [2.75, 3.05) is 10.8 Å². The van der Waals surface area contributed by atoms with Crippen LogP contribution in [0.5, 0.6) is 0 Å². The monoisotopic (exact) mass is 665 g/mol. The SMILES string of the molecule is CC[C@H](C)NC(=O)[C@@H](Cc1ccccc1)N(Cc1ccccc1C)C(=O)CN(c1ccc(Cl)c(Cl)c1)S(=O)(=O)c1ccccc1. The molecule has 0 spiro atoms. The number of nitrogens with zero attached hydrogens (tertiary/aromatic N) is 2. The molecule has 4 aromatic rings. The van der Waals surface area contributed by atoms with Crippen LogP contribution >= 0.6 is 23.2 Å². The standard InChI is InChI=1S/C35H37Cl2N3O4S/c1-4-26(3)38-35(42)33(21-27-14-7-5-8-15-27)39(23-28-16-12-11-13-25(28)2)34(41)24-40(29-19-20-31(36)32(37)22-29)45(43,44)30-17-9-6-10-18-30/h5-20,22,26,33H,4,21,23-24H2,1-3H3,(H,38,42)/t26-,33+/m0/s1. The number of nitrogens with one attached hydrogen (secondary N) is 1. The summed E-state index contributed by atoms with van der Waals surface area (Å²) in [5.41, 5.74) is 2.81. The summed E-state index contributed by atoms with van der Waals surface area (Å²) in [6.07, 6.45) is 0.939. The molecule has 10 heteroatoms. The summed E-state index contributed by atoms with van der Waals surface area (Å²) in [6, 6.07) is 28.3. The van der Waals surface area contributed by atoms with Gasteiger partial charge in [-0.25, -0.2) is 8.42 Å². The number of benzene rings is 4. The Morgan fingerprint density at radius 1 is 0.844 bits per heavy atom. The number of carbonyl (C=O) groups is 2. The molecular formula is C35H37Cl2N3O4S. The normalized spacial score (nSPS) is 12.6. The minimum absolute atomic E-state index is 0.00433. The lowest BCUT2D eigenvalue weighted by atomic mass is 10.0. The highest BCUT2D eigenvalue weighted by molar-refractivity contribution is 7.92. The molecule has 0 unspecified atom stereocenters. The van der Waals surface area contributed by atoms with E-state index in [0.29, 0.717) is 6.42 Å². The van der Waals surface area contributed by atoms with Gasteiger partial charge in [0.2, 0.25) is 11.8 Å². The zero-order chi connectivity index (χ0) is 32.6. The van der Waals surface area contributed by atoms with Crippen LogP contribution in [0, 0.1) is 6.92 Å². The van der Waals surface area contributed by atoms with Crippen LogP contribution in [0.1, 0.15) is 37.0 Å². The van der Waals surface area contributed by atoms with Crippen molar-refractivity contribution in [2.24, 2.45) is 0 Å². The van der Waals surface area contributed by atoms with E-state index < -0.39 is 28.5 Å². The van der Waals surface area contributed by atoms with Crippen molar-refractivity contribution in [1.82, 2.24) is 10.2 Å². The molecule has 2 atom stereocenters. The summed E-state index contributed by atoms with van der Waals surface area (Å²) in [4.78, 5) is 30.0. The molecule has 0 saturated heterocycles. The first-order chi connectivity index (χ1) is 21.5. The van der Waals surface area contributed by atoms with Crippen molar-refractivity contribution in [3.63, 3.8) is 0 Å². The number of hydrogen-bond acceptors (Lipinski definition) is 4. The zero-order valence-electron chi connectivity index (χ0n) is 25.5. The second-order valence-electron chi connectivity index (χ2n) is 10.9. The maximum atomic E-state index is 14.5. The fraction of sp³-hybridized carbons (Fsp3) is 0.257. The average Bonchev–Trinajstić information content (AvgIpc) is 3.04. The van der Waals surface area contributed by atoms with Crippen molar-refractivity contribution in [1.29, 1.82) is 0 Å². The van der Waals surface area contributed by atoms with Crippen molar-refractivity contribution >= 4 is 50.7 Å². The largest absolute Gasteiger partial charge is 0.352 e. The molecule has 4 rings (SSSR count). The third-order valence-corrected chi connectivity index (χ3v) is 10.2. The van der Waals surface area contributed by atoms with Gasteiger partial charge in [0, 0.05) is 19.0 Å². The Kier molecular flexibility index (Phi) is 11.7. The van der Waals surface area contributed by atoms with Gasteiger partial charge in [0.25, 0.3) is 10.0 Å². The van der Waals surface area contributed by atoms with Gasteiger partial charge in [0.15, 0.2) is 0 Å². The summed E-state index contributed by atoms with van der Waals surface area (Å²) >= 11 is 12.5. The zero-order valence-corrected chi connectivity index (χ0v) is 27.8. The molecule has 7 nitrogen and oxygen atoms in total. The highest BCUT2D eigenvalue weighted by Crippen LogP contribution is 2.31. The van der Waals surface area contributed by atoms with Gasteiger partial charge in [-0.1, -0.05) is 103 Å². The number of anilines is 1. The lowest BCUT2D eigenvalue weighted by Gasteiger charge is -2.34. The molecule has 2 amide bonds. The van der Waals surface area contributed by atoms with Gasteiger partial charge in [-0.15, -0.1) is 0 Å². The van der Waals surface area contributed by atoms with Gasteiger partial charge in [0.1, 0.15) is 12.6 Å². The Labute approximate surface area is 275 Å². The molecule has 0 fully saturated rings. The fourth-order valence-corrected chi connectivity index (χ4v) is 6.57. The first-order valence-electron chi connectivity index (χ1n) is 14.7. The minimum Gasteiger partial charge on any atom is -0.352 e. The molecule has 0 aromatic heterocycles. The van der Waals surface area contributed by atoms with Gasteiger partial charge >= 0.3 is 0 Å². The van der Waals surface area contributed by atoms with Crippen molar-refractivity contribution < 1.29 is 18.0 Å². The molecular weight excluding hydrogens is 629 g/mol. The Morgan fingerprint density at radius 3 is 2.09 bits per heavy atom. The third kappa shape index (κ3) is 8.66. The van der Waals surface area contributed by atoms with Crippen LogP contribution in [-0.4, -0.2) is 43.8 Å². The molecule has 0 aliphatic rings. The number of rotatable bonds is 13. The van der Waals surface area contributed by atoms with E-state index in [-0.39, 0.29) is 45.5 Å². The molecule has 0 radical (unpaired) electrons. The lowest BCUT2D eigenvalue weighted by molar-refractivity contribution is -0.140. The Morgan fingerprint density at radius 2 is 1.47 bits per heavy atom. The van der Waals surface area contributed by atoms with E-state index >= 15 is 0 Å². The van der Waals surface area contributed by atoms with Gasteiger partial charge < -0.3 is 10.2 Å². The minimum atomic E-state index is -4.24. The van der Waals surface area contributed by atoms with E-state index in [9.17, 15) is 18.0 Å². The van der Waals surface area contributed by atoms with E-state index in [2.05, 4.69) is 5.32 Å². The molecule has 0 bridgehead atoms. The third-order valence-electron chi connectivity index (χ3n) is 7.68. The number of sulfonamides is 1. The van der Waals surface area contributed by atoms with Crippen molar-refractivity contribution in [2.45, 2.75) is 57.1 Å². The second kappa shape index (κ2) is 15.4. The Bertz CT molecular complexity index is 1720. The van der Waals surface area contributed by atoms with Gasteiger partial charge in [0.05, 0.1) is 20.6 Å². The van der Waals surface area contributed by atoms with Gasteiger partial charge in [-0.05, 0) is 67.3 Å². The topological polar surface area (TPSA) is 86.8 Å². The summed E-state index contributed by atoms with van der Waals surface area (Å²) in [6.45, 7) is 5.33. The number of amides is 2. The predicted octanol–water partition coefficient (Wildman–Crippen LogP) is 7.05. The fourth-order valence-electron chi connectivity index (χ4n) is 4.85. The first kappa shape index (κ1) is 34.0. The second-order valence-corrected chi connectivity index (χ2v) is 13.6. The quantitative estimate of drug-likeness (QED) is 0.166. The molecule has 4 aromatic carbocycles. The van der Waals surface area contributed by atoms with E-state index in [1.165, 1.54) is 35.2 Å². The Hall–Kier alpha value is -3.85. The first-order valence-corrected chi connectivity index (χ1v) is 16.9. The molecule has 0 aliphatic heterocycles. The number of aryl methyl sites for hydroxylation is 1. The molecule has 1 N–H and O–H groups in total. The molecule has 0 aliphatic carbocycles. The molecule has 236 valence electrons. The average molecular weight is 667 g/mol. The summed E-state index contributed by atoms with van der Waals surface area (Å²) < 4.78 is 29.2. The van der Waals surface area contributed by atoms with Crippen LogP contribution in [0.3, 0.4) is 0 Å². The number of hydrogen-bond donors (Lipinski definition) is 1. The highest BCUT2D eigenvalue weighted by atomic mass is 35.5. The van der Waals surface area contributed by atoms with Crippen LogP contribution in [0.4, 0.5) is 5.69 Å². The van der Waals surface area contributed by atoms with E-state index in [0.717, 1.165) is 21.0 Å². The van der Waals surface area contributed by atoms with Crippen LogP contribution < -0.4 is 9.62 Å². The summed E-state index contributed by atoms with van der Waals surface area (Å²) in [5, 5.41) is 3.43. The highest BCUT2D eigenvalue weighted by Gasteiger charge is 2.35. The molecule has 45 heavy (non-hydrogen) atoms. The van der Waals surface area contributed by atoms with E-state index in [1.807, 2.05) is 75.4 Å². The summed E-state index contributed by atoms with van der Waals surface area (Å²) in [5.74, 6) is -0.869. The maximum absolute atomic E-state index is 14.5. The van der Waals surface area contributed by atoms with Crippen LogP contribution in [0.2, 0.25) is 10.0 Å².